The first-order valence-electron chi connectivity index (χ1n) is 2.93. The number of aromatic nitrogens is 1. The fourth-order valence-corrected chi connectivity index (χ4v) is 0.671. The molecule has 0 aliphatic heterocycles. The van der Waals surface area contributed by atoms with Crippen molar-refractivity contribution >= 4 is 5.69 Å². The first-order chi connectivity index (χ1) is 5.65. The average molecular weight is 165 g/mol. The van der Waals surface area contributed by atoms with Crippen LogP contribution in [0, 0.1) is 26.7 Å². The molecule has 0 radical (unpaired) electrons. The molecule has 0 spiro atoms. The highest BCUT2D eigenvalue weighted by atomic mass is 16.6. The van der Waals surface area contributed by atoms with Crippen LogP contribution in [0.15, 0.2) is 18.3 Å². The van der Waals surface area contributed by atoms with Crippen LogP contribution in [0.25, 0.3) is 0 Å². The highest BCUT2D eigenvalue weighted by Crippen LogP contribution is 2.08. The van der Waals surface area contributed by atoms with Crippen LogP contribution in [0.2, 0.25) is 0 Å². The van der Waals surface area contributed by atoms with Gasteiger partial charge in [-0.05, 0) is 0 Å². The van der Waals surface area contributed by atoms with Crippen LogP contribution < -0.4 is 4.73 Å². The van der Waals surface area contributed by atoms with Gasteiger partial charge in [0, 0.05) is 0 Å². The summed E-state index contributed by atoms with van der Waals surface area (Å²) < 4.78 is 0.271. The largest absolute Gasteiger partial charge is 0.618 e. The van der Waals surface area contributed by atoms with Crippen molar-refractivity contribution in [2.45, 2.75) is 0 Å². The minimum absolute atomic E-state index is 0.265. The molecule has 0 bridgehead atoms. The maximum absolute atomic E-state index is 10.7. The summed E-state index contributed by atoms with van der Waals surface area (Å²) in [6, 6.07) is 3.50. The van der Waals surface area contributed by atoms with Crippen LogP contribution in [0.1, 0.15) is 5.69 Å². The molecule has 1 aromatic rings. The van der Waals surface area contributed by atoms with Crippen LogP contribution in [0.4, 0.5) is 5.69 Å². The minimum atomic E-state index is -0.666. The first-order valence-corrected chi connectivity index (χ1v) is 2.93. The Labute approximate surface area is 67.0 Å². The quantitative estimate of drug-likeness (QED) is 0.255. The van der Waals surface area contributed by atoms with Crippen molar-refractivity contribution in [1.82, 2.24) is 0 Å². The van der Waals surface area contributed by atoms with Gasteiger partial charge in [-0.1, -0.05) is 0 Å². The van der Waals surface area contributed by atoms with Gasteiger partial charge in [-0.2, -0.15) is 9.99 Å². The number of hydrogen-bond acceptors (Lipinski definition) is 4. The van der Waals surface area contributed by atoms with E-state index < -0.39 is 4.92 Å². The first kappa shape index (κ1) is 7.94. The second-order valence-electron chi connectivity index (χ2n) is 1.96. The van der Waals surface area contributed by atoms with Crippen LogP contribution in [-0.2, 0) is 0 Å². The van der Waals surface area contributed by atoms with Crippen molar-refractivity contribution in [1.29, 1.82) is 5.26 Å². The van der Waals surface area contributed by atoms with Gasteiger partial charge in [0.15, 0.2) is 12.3 Å². The molecule has 12 heavy (non-hydrogen) atoms. The average Bonchev–Trinajstić information content (AvgIpc) is 2.05. The topological polar surface area (TPSA) is 93.9 Å². The van der Waals surface area contributed by atoms with Crippen molar-refractivity contribution in [2.24, 2.45) is 0 Å². The molecular weight excluding hydrogens is 162 g/mol. The summed E-state index contributed by atoms with van der Waals surface area (Å²) in [4.78, 5) is 9.50. The minimum Gasteiger partial charge on any atom is -0.618 e. The van der Waals surface area contributed by atoms with Crippen molar-refractivity contribution < 1.29 is 9.65 Å². The summed E-state index contributed by atoms with van der Waals surface area (Å²) in [5, 5.41) is 29.2. The molecule has 0 aliphatic rings. The summed E-state index contributed by atoms with van der Waals surface area (Å²) in [5.74, 6) is 0. The van der Waals surface area contributed by atoms with Gasteiger partial charge in [0.2, 0.25) is 0 Å². The molecule has 1 heterocycles. The van der Waals surface area contributed by atoms with Crippen molar-refractivity contribution in [3.8, 4) is 6.07 Å². The Kier molecular flexibility index (Phi) is 1.88. The molecule has 60 valence electrons. The maximum atomic E-state index is 10.7. The molecule has 1 rings (SSSR count). The van der Waals surface area contributed by atoms with Crippen LogP contribution >= 0.6 is 0 Å². The van der Waals surface area contributed by atoms with E-state index in [9.17, 15) is 15.3 Å². The molecule has 0 unspecified atom stereocenters. The van der Waals surface area contributed by atoms with Crippen LogP contribution in [0.5, 0.6) is 0 Å². The molecule has 0 saturated carbocycles. The molecule has 0 fully saturated rings. The third-order valence-corrected chi connectivity index (χ3v) is 1.23. The van der Waals surface area contributed by atoms with Gasteiger partial charge < -0.3 is 5.21 Å². The monoisotopic (exact) mass is 165 g/mol. The highest BCUT2D eigenvalue weighted by molar-refractivity contribution is 5.31. The summed E-state index contributed by atoms with van der Waals surface area (Å²) >= 11 is 0. The Morgan fingerprint density at radius 1 is 1.67 bits per heavy atom. The highest BCUT2D eigenvalue weighted by Gasteiger charge is 2.12. The predicted octanol–water partition coefficient (Wildman–Crippen LogP) is 0.0999. The predicted molar refractivity (Wildman–Crippen MR) is 36.8 cm³/mol. The van der Waals surface area contributed by atoms with E-state index in [0.29, 0.717) is 0 Å². The molecule has 0 aliphatic carbocycles. The lowest BCUT2D eigenvalue weighted by molar-refractivity contribution is -0.609. The van der Waals surface area contributed by atoms with E-state index >= 15 is 0 Å². The molecule has 0 N–H and O–H groups in total. The Bertz CT molecular complexity index is 369. The Hall–Kier alpha value is -2.16. The normalized spacial score (nSPS) is 8.92. The Morgan fingerprint density at radius 2 is 2.33 bits per heavy atom. The second-order valence-corrected chi connectivity index (χ2v) is 1.96. The standard InChI is InChI=1S/C6H3N3O3/c7-4-6-3-5(9(11)12)1-2-8(6)10/h1-3H. The molecule has 0 atom stereocenters. The van der Waals surface area contributed by atoms with Gasteiger partial charge in [-0.15, -0.1) is 0 Å². The molecule has 6 nitrogen and oxygen atoms in total. The second kappa shape index (κ2) is 2.84. The van der Waals surface area contributed by atoms with E-state index in [2.05, 4.69) is 0 Å². The van der Waals surface area contributed by atoms with Crippen molar-refractivity contribution in [3.63, 3.8) is 0 Å². The van der Waals surface area contributed by atoms with Gasteiger partial charge in [-0.3, -0.25) is 10.1 Å². The lowest BCUT2D eigenvalue weighted by Gasteiger charge is -1.95. The van der Waals surface area contributed by atoms with Gasteiger partial charge in [-0.25, -0.2) is 0 Å². The zero-order valence-corrected chi connectivity index (χ0v) is 5.80. The third kappa shape index (κ3) is 1.29. The summed E-state index contributed by atoms with van der Waals surface area (Å²) in [6.45, 7) is 0. The molecule has 6 heteroatoms. The van der Waals surface area contributed by atoms with Gasteiger partial charge in [0.25, 0.3) is 5.69 Å². The molecule has 0 amide bonds. The van der Waals surface area contributed by atoms with Gasteiger partial charge in [0.1, 0.15) is 6.07 Å². The van der Waals surface area contributed by atoms with Crippen LogP contribution in [0.3, 0.4) is 0 Å². The third-order valence-electron chi connectivity index (χ3n) is 1.23. The lowest BCUT2D eigenvalue weighted by Crippen LogP contribution is -2.29. The number of nitrogens with zero attached hydrogens (tertiary/aromatic N) is 3. The Balaban J connectivity index is 3.25. The number of nitro groups is 1. The fourth-order valence-electron chi connectivity index (χ4n) is 0.671. The van der Waals surface area contributed by atoms with E-state index in [0.717, 1.165) is 18.3 Å². The molecule has 0 saturated heterocycles. The van der Waals surface area contributed by atoms with Crippen molar-refractivity contribution in [3.05, 3.63) is 39.3 Å². The lowest BCUT2D eigenvalue weighted by atomic mass is 10.3. The molecule has 0 aromatic carbocycles. The van der Waals surface area contributed by atoms with Crippen LogP contribution in [-0.4, -0.2) is 4.92 Å². The summed E-state index contributed by atoms with van der Waals surface area (Å²) in [5.41, 5.74) is -0.553. The van der Waals surface area contributed by atoms with Crippen molar-refractivity contribution in [2.75, 3.05) is 0 Å². The van der Waals surface area contributed by atoms with E-state index in [1.54, 1.807) is 0 Å². The van der Waals surface area contributed by atoms with E-state index in [-0.39, 0.29) is 16.1 Å². The SMILES string of the molecule is N#Cc1cc([N+](=O)[O-])cc[n+]1[O-]. The van der Waals surface area contributed by atoms with E-state index in [1.807, 2.05) is 0 Å². The zero-order chi connectivity index (χ0) is 9.14. The maximum Gasteiger partial charge on any atom is 0.301 e. The van der Waals surface area contributed by atoms with Gasteiger partial charge in [0.05, 0.1) is 11.0 Å². The zero-order valence-electron chi connectivity index (χ0n) is 5.80. The van der Waals surface area contributed by atoms with E-state index in [4.69, 9.17) is 5.26 Å². The van der Waals surface area contributed by atoms with E-state index in [1.165, 1.54) is 6.07 Å². The molecular formula is C6H3N3O3. The number of nitriles is 1. The number of hydrogen-bond donors (Lipinski definition) is 0. The number of pyridine rings is 1. The molecule has 1 aromatic heterocycles. The van der Waals surface area contributed by atoms with Gasteiger partial charge >= 0.3 is 5.69 Å². The summed E-state index contributed by atoms with van der Waals surface area (Å²) in [7, 11) is 0. The Morgan fingerprint density at radius 3 is 2.83 bits per heavy atom. The number of rotatable bonds is 1. The fraction of sp³-hybridized carbons (Fsp3) is 0. The summed E-state index contributed by atoms with van der Waals surface area (Å²) in [6.07, 6.45) is 0.927. The smallest absolute Gasteiger partial charge is 0.301 e.